The summed E-state index contributed by atoms with van der Waals surface area (Å²) >= 11 is 5.64. The van der Waals surface area contributed by atoms with Gasteiger partial charge in [-0.3, -0.25) is 5.84 Å². The second-order valence-corrected chi connectivity index (χ2v) is 3.10. The maximum absolute atomic E-state index is 5.64. The van der Waals surface area contributed by atoms with E-state index in [2.05, 4.69) is 12.0 Å². The van der Waals surface area contributed by atoms with Crippen LogP contribution in [0.25, 0.3) is 0 Å². The van der Waals surface area contributed by atoms with E-state index in [1.807, 2.05) is 12.1 Å². The largest absolute Gasteiger partial charge is 0.448 e. The van der Waals surface area contributed by atoms with Gasteiger partial charge in [0.1, 0.15) is 5.76 Å². The van der Waals surface area contributed by atoms with Gasteiger partial charge in [0.15, 0.2) is 5.22 Å². The zero-order valence-electron chi connectivity index (χ0n) is 7.29. The molecule has 0 spiro atoms. The van der Waals surface area contributed by atoms with Gasteiger partial charge in [0.25, 0.3) is 0 Å². The molecule has 0 amide bonds. The number of allylic oxidation sites excluding steroid dienone is 1. The highest BCUT2D eigenvalue weighted by Gasteiger charge is 2.12. The Balaban J connectivity index is 2.60. The van der Waals surface area contributed by atoms with Crippen molar-refractivity contribution in [2.75, 3.05) is 0 Å². The lowest BCUT2D eigenvalue weighted by Crippen LogP contribution is -2.27. The second-order valence-electron chi connectivity index (χ2n) is 2.73. The molecule has 1 aromatic heterocycles. The number of halogens is 1. The third kappa shape index (κ3) is 2.88. The second kappa shape index (κ2) is 5.07. The van der Waals surface area contributed by atoms with Crippen LogP contribution in [0.5, 0.6) is 0 Å². The van der Waals surface area contributed by atoms with Gasteiger partial charge in [-0.2, -0.15) is 0 Å². The van der Waals surface area contributed by atoms with Crippen LogP contribution >= 0.6 is 11.6 Å². The predicted molar refractivity (Wildman–Crippen MR) is 53.2 cm³/mol. The molecule has 0 aliphatic heterocycles. The minimum Gasteiger partial charge on any atom is -0.448 e. The third-order valence-electron chi connectivity index (χ3n) is 1.80. The van der Waals surface area contributed by atoms with Crippen molar-refractivity contribution in [1.82, 2.24) is 5.43 Å². The van der Waals surface area contributed by atoms with E-state index < -0.39 is 0 Å². The molecule has 1 atom stereocenters. The maximum Gasteiger partial charge on any atom is 0.193 e. The van der Waals surface area contributed by atoms with E-state index >= 15 is 0 Å². The highest BCUT2D eigenvalue weighted by Crippen LogP contribution is 2.22. The van der Waals surface area contributed by atoms with E-state index in [0.717, 1.165) is 18.6 Å². The van der Waals surface area contributed by atoms with Crippen molar-refractivity contribution >= 4 is 11.6 Å². The van der Waals surface area contributed by atoms with Gasteiger partial charge in [-0.05, 0) is 36.6 Å². The summed E-state index contributed by atoms with van der Waals surface area (Å²) in [5.41, 5.74) is 2.67. The Bertz CT molecular complexity index is 272. The highest BCUT2D eigenvalue weighted by molar-refractivity contribution is 6.28. The maximum atomic E-state index is 5.64. The Labute approximate surface area is 82.5 Å². The number of furan rings is 1. The van der Waals surface area contributed by atoms with Crippen molar-refractivity contribution in [1.29, 1.82) is 0 Å². The van der Waals surface area contributed by atoms with E-state index in [1.54, 1.807) is 6.07 Å². The SMILES string of the molecule is C=CCCC(NN)c1ccc(Cl)o1. The van der Waals surface area contributed by atoms with Gasteiger partial charge >= 0.3 is 0 Å². The molecule has 0 saturated carbocycles. The van der Waals surface area contributed by atoms with Gasteiger partial charge < -0.3 is 4.42 Å². The van der Waals surface area contributed by atoms with Crippen molar-refractivity contribution in [3.8, 4) is 0 Å². The Morgan fingerprint density at radius 2 is 2.46 bits per heavy atom. The van der Waals surface area contributed by atoms with E-state index in [-0.39, 0.29) is 6.04 Å². The first-order valence-electron chi connectivity index (χ1n) is 4.10. The van der Waals surface area contributed by atoms with Gasteiger partial charge in [-0.25, -0.2) is 5.43 Å². The van der Waals surface area contributed by atoms with Crippen LogP contribution in [0, 0.1) is 0 Å². The first kappa shape index (κ1) is 10.3. The molecule has 72 valence electrons. The van der Waals surface area contributed by atoms with Crippen molar-refractivity contribution in [3.05, 3.63) is 35.8 Å². The fraction of sp³-hybridized carbons (Fsp3) is 0.333. The molecule has 0 radical (unpaired) electrons. The van der Waals surface area contributed by atoms with Crippen LogP contribution in [0.1, 0.15) is 24.6 Å². The van der Waals surface area contributed by atoms with E-state index in [4.69, 9.17) is 21.9 Å². The summed E-state index contributed by atoms with van der Waals surface area (Å²) in [6.07, 6.45) is 3.58. The van der Waals surface area contributed by atoms with Gasteiger partial charge in [-0.15, -0.1) is 6.58 Å². The van der Waals surface area contributed by atoms with Crippen molar-refractivity contribution in [2.45, 2.75) is 18.9 Å². The molecule has 0 fully saturated rings. The Kier molecular flexibility index (Phi) is 4.02. The molecule has 0 bridgehead atoms. The quantitative estimate of drug-likeness (QED) is 0.436. The Morgan fingerprint density at radius 1 is 1.69 bits per heavy atom. The summed E-state index contributed by atoms with van der Waals surface area (Å²) < 4.78 is 5.22. The first-order chi connectivity index (χ1) is 6.27. The van der Waals surface area contributed by atoms with Crippen LogP contribution in [0.4, 0.5) is 0 Å². The summed E-state index contributed by atoms with van der Waals surface area (Å²) in [6.45, 7) is 3.64. The molecule has 1 rings (SSSR count). The molecule has 0 aromatic carbocycles. The van der Waals surface area contributed by atoms with E-state index in [9.17, 15) is 0 Å². The summed E-state index contributed by atoms with van der Waals surface area (Å²) in [5, 5.41) is 0.383. The van der Waals surface area contributed by atoms with Gasteiger partial charge in [0.05, 0.1) is 6.04 Å². The lowest BCUT2D eigenvalue weighted by atomic mass is 10.1. The molecule has 1 unspecified atom stereocenters. The summed E-state index contributed by atoms with van der Waals surface area (Å²) in [6, 6.07) is 3.52. The first-order valence-corrected chi connectivity index (χ1v) is 4.48. The molecule has 1 aromatic rings. The fourth-order valence-corrected chi connectivity index (χ4v) is 1.26. The monoisotopic (exact) mass is 200 g/mol. The van der Waals surface area contributed by atoms with Crippen LogP contribution in [0.3, 0.4) is 0 Å². The number of hydrazine groups is 1. The number of rotatable bonds is 5. The molecule has 3 nitrogen and oxygen atoms in total. The van der Waals surface area contributed by atoms with Crippen molar-refractivity contribution in [3.63, 3.8) is 0 Å². The zero-order valence-corrected chi connectivity index (χ0v) is 8.05. The Hall–Kier alpha value is -0.770. The van der Waals surface area contributed by atoms with Gasteiger partial charge in [0.2, 0.25) is 0 Å². The minimum absolute atomic E-state index is 0.00509. The van der Waals surface area contributed by atoms with E-state index in [1.165, 1.54) is 0 Å². The normalized spacial score (nSPS) is 12.8. The molecule has 3 N–H and O–H groups in total. The predicted octanol–water partition coefficient (Wildman–Crippen LogP) is 2.40. The highest BCUT2D eigenvalue weighted by atomic mass is 35.5. The zero-order chi connectivity index (χ0) is 9.68. The van der Waals surface area contributed by atoms with Gasteiger partial charge in [-0.1, -0.05) is 6.08 Å². The molecule has 0 saturated heterocycles. The fourth-order valence-electron chi connectivity index (χ4n) is 1.11. The molecule has 4 heteroatoms. The molecule has 1 heterocycles. The molecular weight excluding hydrogens is 188 g/mol. The number of nitrogens with two attached hydrogens (primary N) is 1. The average Bonchev–Trinajstić information content (AvgIpc) is 2.54. The smallest absolute Gasteiger partial charge is 0.193 e. The van der Waals surface area contributed by atoms with Crippen LogP contribution in [0.2, 0.25) is 5.22 Å². The third-order valence-corrected chi connectivity index (χ3v) is 2.00. The lowest BCUT2D eigenvalue weighted by Gasteiger charge is -2.11. The molecule has 0 aliphatic carbocycles. The number of hydrogen-bond donors (Lipinski definition) is 2. The Morgan fingerprint density at radius 3 is 2.92 bits per heavy atom. The lowest BCUT2D eigenvalue weighted by molar-refractivity contribution is 0.404. The molecule has 0 aliphatic rings. The summed E-state index contributed by atoms with van der Waals surface area (Å²) in [7, 11) is 0. The topological polar surface area (TPSA) is 51.2 Å². The van der Waals surface area contributed by atoms with Crippen LogP contribution in [-0.2, 0) is 0 Å². The van der Waals surface area contributed by atoms with Crippen LogP contribution < -0.4 is 11.3 Å². The minimum atomic E-state index is 0.00509. The van der Waals surface area contributed by atoms with E-state index in [0.29, 0.717) is 5.22 Å². The standard InChI is InChI=1S/C9H13ClN2O/c1-2-3-4-7(12-11)8-5-6-9(10)13-8/h2,5-7,12H,1,3-4,11H2. The molecule has 13 heavy (non-hydrogen) atoms. The molecular formula is C9H13ClN2O. The summed E-state index contributed by atoms with van der Waals surface area (Å²) in [5.74, 6) is 6.13. The number of hydrogen-bond acceptors (Lipinski definition) is 3. The average molecular weight is 201 g/mol. The number of nitrogens with one attached hydrogen (secondary N) is 1. The summed E-state index contributed by atoms with van der Waals surface area (Å²) in [4.78, 5) is 0. The van der Waals surface area contributed by atoms with Crippen LogP contribution in [-0.4, -0.2) is 0 Å². The van der Waals surface area contributed by atoms with Gasteiger partial charge in [0, 0.05) is 0 Å². The van der Waals surface area contributed by atoms with Crippen LogP contribution in [0.15, 0.2) is 29.2 Å². The van der Waals surface area contributed by atoms with Crippen molar-refractivity contribution in [2.24, 2.45) is 5.84 Å². The van der Waals surface area contributed by atoms with Crippen molar-refractivity contribution < 1.29 is 4.42 Å².